The van der Waals surface area contributed by atoms with Crippen LogP contribution in [-0.2, 0) is 4.79 Å². The van der Waals surface area contributed by atoms with Gasteiger partial charge in [0.05, 0.1) is 16.3 Å². The van der Waals surface area contributed by atoms with Crippen LogP contribution in [0.1, 0.15) is 43.4 Å². The number of nitrogens with zero attached hydrogens (tertiary/aromatic N) is 2. The number of carbonyl (C=O) groups is 1. The van der Waals surface area contributed by atoms with Gasteiger partial charge < -0.3 is 10.2 Å². The van der Waals surface area contributed by atoms with E-state index in [1.807, 2.05) is 43.1 Å². The minimum atomic E-state index is -0.0301. The first kappa shape index (κ1) is 19.5. The number of thiazole rings is 1. The summed E-state index contributed by atoms with van der Waals surface area (Å²) in [6.07, 6.45) is 0. The summed E-state index contributed by atoms with van der Waals surface area (Å²) in [4.78, 5) is 19.3. The highest BCUT2D eigenvalue weighted by Gasteiger charge is 2.25. The van der Waals surface area contributed by atoms with Gasteiger partial charge >= 0.3 is 0 Å². The van der Waals surface area contributed by atoms with Crippen LogP contribution in [-0.4, -0.2) is 29.4 Å². The molecule has 0 radical (unpaired) electrons. The number of carbonyl (C=O) groups excluding carboxylic acids is 1. The van der Waals surface area contributed by atoms with Crippen LogP contribution in [0.5, 0.6) is 0 Å². The molecule has 142 valence electrons. The van der Waals surface area contributed by atoms with Crippen LogP contribution in [0, 0.1) is 5.92 Å². The van der Waals surface area contributed by atoms with Gasteiger partial charge in [0.2, 0.25) is 0 Å². The Kier molecular flexibility index (Phi) is 6.24. The molecule has 0 bridgehead atoms. The second-order valence-electron chi connectivity index (χ2n) is 7.32. The van der Waals surface area contributed by atoms with Crippen LogP contribution in [0.15, 0.2) is 54.6 Å². The molecular formula is C22H28N3OS+. The van der Waals surface area contributed by atoms with E-state index in [0.29, 0.717) is 12.5 Å². The number of nitrogens with two attached hydrogens (primary N) is 1. The predicted molar refractivity (Wildman–Crippen MR) is 112 cm³/mol. The number of rotatable bonds is 7. The molecule has 0 unspecified atom stereocenters. The molecule has 4 nitrogen and oxygen atoms in total. The topological polar surface area (TPSA) is 49.8 Å². The molecule has 1 aromatic heterocycles. The molecule has 0 saturated carbocycles. The fourth-order valence-corrected chi connectivity index (χ4v) is 4.35. The summed E-state index contributed by atoms with van der Waals surface area (Å²) in [6.45, 7) is 6.88. The van der Waals surface area contributed by atoms with E-state index in [4.69, 9.17) is 4.98 Å². The summed E-state index contributed by atoms with van der Waals surface area (Å²) in [6, 6.07) is 18.8. The minimum Gasteiger partial charge on any atom is -0.332 e. The van der Waals surface area contributed by atoms with Gasteiger partial charge in [-0.05, 0) is 19.1 Å². The monoisotopic (exact) mass is 382 g/mol. The Balaban J connectivity index is 1.65. The van der Waals surface area contributed by atoms with Crippen molar-refractivity contribution in [1.82, 2.24) is 9.88 Å². The van der Waals surface area contributed by atoms with Crippen molar-refractivity contribution in [2.24, 2.45) is 5.92 Å². The number of hydrogen-bond acceptors (Lipinski definition) is 3. The quantitative estimate of drug-likeness (QED) is 0.676. The van der Waals surface area contributed by atoms with Crippen LogP contribution in [0.3, 0.4) is 0 Å². The van der Waals surface area contributed by atoms with E-state index in [1.165, 1.54) is 5.56 Å². The second-order valence-corrected chi connectivity index (χ2v) is 8.38. The fourth-order valence-electron chi connectivity index (χ4n) is 3.29. The highest BCUT2D eigenvalue weighted by molar-refractivity contribution is 7.18. The number of hydrogen-bond donors (Lipinski definition) is 1. The molecule has 2 aromatic carbocycles. The Morgan fingerprint density at radius 3 is 2.41 bits per heavy atom. The first-order valence-electron chi connectivity index (χ1n) is 9.46. The molecule has 3 aromatic rings. The zero-order chi connectivity index (χ0) is 19.4. The first-order chi connectivity index (χ1) is 13.0. The van der Waals surface area contributed by atoms with Gasteiger partial charge in [-0.25, -0.2) is 4.98 Å². The lowest BCUT2D eigenvalue weighted by Gasteiger charge is -2.25. The van der Waals surface area contributed by atoms with E-state index in [9.17, 15) is 4.79 Å². The largest absolute Gasteiger partial charge is 0.332 e. The lowest BCUT2D eigenvalue weighted by molar-refractivity contribution is -0.692. The van der Waals surface area contributed by atoms with Gasteiger partial charge in [0.1, 0.15) is 11.0 Å². The Morgan fingerprint density at radius 1 is 1.07 bits per heavy atom. The van der Waals surface area contributed by atoms with Crippen molar-refractivity contribution in [3.05, 3.63) is 65.2 Å². The summed E-state index contributed by atoms with van der Waals surface area (Å²) < 4.78 is 1.16. The second kappa shape index (κ2) is 8.63. The van der Waals surface area contributed by atoms with Gasteiger partial charge in [-0.1, -0.05) is 56.3 Å². The Hall–Kier alpha value is -2.24. The van der Waals surface area contributed by atoms with Gasteiger partial charge in [0.15, 0.2) is 6.54 Å². The highest BCUT2D eigenvalue weighted by Crippen LogP contribution is 2.28. The Labute approximate surface area is 165 Å². The third-order valence-electron chi connectivity index (χ3n) is 5.09. The molecule has 0 spiro atoms. The maximum atomic E-state index is 12.8. The first-order valence-corrected chi connectivity index (χ1v) is 10.3. The molecule has 0 fully saturated rings. The lowest BCUT2D eigenvalue weighted by atomic mass is 9.96. The number of para-hydroxylation sites is 1. The maximum absolute atomic E-state index is 12.8. The van der Waals surface area contributed by atoms with E-state index >= 15 is 0 Å². The normalized spacial score (nSPS) is 13.7. The Bertz CT molecular complexity index is 858. The number of aromatic nitrogens is 1. The number of benzene rings is 2. The average molecular weight is 383 g/mol. The molecule has 2 atom stereocenters. The summed E-state index contributed by atoms with van der Waals surface area (Å²) in [5, 5.41) is 3.14. The van der Waals surface area contributed by atoms with Gasteiger partial charge in [0.25, 0.3) is 5.91 Å². The fraction of sp³-hybridized carbons (Fsp3) is 0.364. The molecule has 5 heteroatoms. The maximum Gasteiger partial charge on any atom is 0.278 e. The zero-order valence-electron chi connectivity index (χ0n) is 16.4. The summed E-state index contributed by atoms with van der Waals surface area (Å²) >= 11 is 1.66. The molecule has 0 aliphatic rings. The van der Waals surface area contributed by atoms with Crippen molar-refractivity contribution in [3.63, 3.8) is 0 Å². The van der Waals surface area contributed by atoms with Crippen molar-refractivity contribution in [2.45, 2.75) is 32.9 Å². The van der Waals surface area contributed by atoms with E-state index in [1.54, 1.807) is 11.3 Å². The third-order valence-corrected chi connectivity index (χ3v) is 6.30. The van der Waals surface area contributed by atoms with E-state index < -0.39 is 0 Å². The standard InChI is InChI=1S/C22H27N3OS/c1-15(2)21(17-10-6-5-7-11-17)23-14-20(26)25(4)16(3)22-24-18-12-8-9-13-19(18)27-22/h5-13,15-16,21,23H,14H2,1-4H3/p+1/t16-,21+/m1/s1. The molecule has 0 aliphatic carbocycles. The molecule has 2 N–H and O–H groups in total. The van der Waals surface area contributed by atoms with E-state index in [2.05, 4.69) is 49.5 Å². The number of amides is 1. The summed E-state index contributed by atoms with van der Waals surface area (Å²) in [5.74, 6) is 0.579. The van der Waals surface area contributed by atoms with Crippen molar-refractivity contribution in [3.8, 4) is 0 Å². The smallest absolute Gasteiger partial charge is 0.278 e. The van der Waals surface area contributed by atoms with Crippen molar-refractivity contribution >= 4 is 27.5 Å². The molecule has 1 heterocycles. The summed E-state index contributed by atoms with van der Waals surface area (Å²) in [5.41, 5.74) is 2.27. The highest BCUT2D eigenvalue weighted by atomic mass is 32.1. The van der Waals surface area contributed by atoms with Crippen LogP contribution >= 0.6 is 11.3 Å². The molecular weight excluding hydrogens is 354 g/mol. The molecule has 1 amide bonds. The molecule has 0 aliphatic heterocycles. The predicted octanol–water partition coefficient (Wildman–Crippen LogP) is 3.78. The summed E-state index contributed by atoms with van der Waals surface area (Å²) in [7, 11) is 1.87. The zero-order valence-corrected chi connectivity index (χ0v) is 17.2. The average Bonchev–Trinajstić information content (AvgIpc) is 3.11. The van der Waals surface area contributed by atoms with Gasteiger partial charge in [0, 0.05) is 18.5 Å². The van der Waals surface area contributed by atoms with Crippen molar-refractivity contribution < 1.29 is 10.1 Å². The van der Waals surface area contributed by atoms with Gasteiger partial charge in [-0.2, -0.15) is 0 Å². The van der Waals surface area contributed by atoms with Crippen LogP contribution in [0.2, 0.25) is 0 Å². The molecule has 0 saturated heterocycles. The minimum absolute atomic E-state index is 0.0301. The Morgan fingerprint density at radius 2 is 1.74 bits per heavy atom. The van der Waals surface area contributed by atoms with Crippen LogP contribution in [0.25, 0.3) is 10.2 Å². The van der Waals surface area contributed by atoms with Crippen LogP contribution < -0.4 is 5.32 Å². The van der Waals surface area contributed by atoms with E-state index in [0.717, 1.165) is 15.2 Å². The number of fused-ring (bicyclic) bond motifs is 1. The van der Waals surface area contributed by atoms with Crippen molar-refractivity contribution in [1.29, 1.82) is 0 Å². The number of likely N-dealkylation sites (N-methyl/N-ethyl adjacent to an activating group) is 1. The van der Waals surface area contributed by atoms with E-state index in [-0.39, 0.29) is 18.0 Å². The lowest BCUT2D eigenvalue weighted by Crippen LogP contribution is -2.88. The van der Waals surface area contributed by atoms with Crippen LogP contribution in [0.4, 0.5) is 0 Å². The van der Waals surface area contributed by atoms with Gasteiger partial charge in [-0.15, -0.1) is 11.3 Å². The number of quaternary nitrogens is 1. The molecule has 27 heavy (non-hydrogen) atoms. The van der Waals surface area contributed by atoms with Crippen molar-refractivity contribution in [2.75, 3.05) is 13.6 Å². The molecule has 3 rings (SSSR count). The third kappa shape index (κ3) is 4.54. The van der Waals surface area contributed by atoms with Gasteiger partial charge in [-0.3, -0.25) is 4.79 Å². The SMILES string of the molecule is CC(C)[C@H]([NH2+]CC(=O)N(C)[C@H](C)c1nc2ccccc2s1)c1ccccc1.